The van der Waals surface area contributed by atoms with Crippen molar-refractivity contribution in [3.05, 3.63) is 52.1 Å². The number of methoxy groups -OCH3 is 1. The maximum atomic E-state index is 12.6. The first-order chi connectivity index (χ1) is 12.2. The number of thioether (sulfide) groups is 1. The Bertz CT molecular complexity index is 922. The SMILES string of the molecule is COCCn1c(SCC(=O)Nc2ccccc2)nc2ccsc2c1=O. The summed E-state index contributed by atoms with van der Waals surface area (Å²) >= 11 is 2.62. The molecule has 0 fully saturated rings. The fourth-order valence-electron chi connectivity index (χ4n) is 2.26. The molecule has 0 spiro atoms. The van der Waals surface area contributed by atoms with E-state index in [2.05, 4.69) is 10.3 Å². The summed E-state index contributed by atoms with van der Waals surface area (Å²) in [6, 6.07) is 11.1. The van der Waals surface area contributed by atoms with Crippen LogP contribution >= 0.6 is 23.1 Å². The number of aromatic nitrogens is 2. The second-order valence-electron chi connectivity index (χ2n) is 5.18. The average molecular weight is 375 g/mol. The van der Waals surface area contributed by atoms with Crippen molar-refractivity contribution < 1.29 is 9.53 Å². The lowest BCUT2D eigenvalue weighted by atomic mass is 10.3. The van der Waals surface area contributed by atoms with Gasteiger partial charge in [0.25, 0.3) is 5.56 Å². The van der Waals surface area contributed by atoms with Gasteiger partial charge in [-0.05, 0) is 23.6 Å². The van der Waals surface area contributed by atoms with Crippen molar-refractivity contribution in [2.45, 2.75) is 11.7 Å². The van der Waals surface area contributed by atoms with E-state index in [0.717, 1.165) is 5.69 Å². The number of nitrogens with one attached hydrogen (secondary N) is 1. The molecule has 3 rings (SSSR count). The molecular weight excluding hydrogens is 358 g/mol. The molecule has 6 nitrogen and oxygen atoms in total. The number of carbonyl (C=O) groups is 1. The van der Waals surface area contributed by atoms with Crippen LogP contribution in [0.1, 0.15) is 0 Å². The van der Waals surface area contributed by atoms with Crippen LogP contribution in [0.15, 0.2) is 51.7 Å². The van der Waals surface area contributed by atoms with Gasteiger partial charge in [0.2, 0.25) is 5.91 Å². The Morgan fingerprint density at radius 2 is 2.12 bits per heavy atom. The first-order valence-corrected chi connectivity index (χ1v) is 9.50. The monoisotopic (exact) mass is 375 g/mol. The number of rotatable bonds is 7. The van der Waals surface area contributed by atoms with E-state index in [0.29, 0.717) is 28.5 Å². The van der Waals surface area contributed by atoms with Gasteiger partial charge in [-0.2, -0.15) is 0 Å². The molecule has 8 heteroatoms. The minimum atomic E-state index is -0.144. The van der Waals surface area contributed by atoms with Gasteiger partial charge in [0.1, 0.15) is 4.70 Å². The number of fused-ring (bicyclic) bond motifs is 1. The van der Waals surface area contributed by atoms with Crippen molar-refractivity contribution in [1.29, 1.82) is 0 Å². The van der Waals surface area contributed by atoms with Gasteiger partial charge in [0.15, 0.2) is 5.16 Å². The van der Waals surface area contributed by atoms with Crippen molar-refractivity contribution >= 4 is 44.9 Å². The zero-order chi connectivity index (χ0) is 17.6. The van der Waals surface area contributed by atoms with Crippen molar-refractivity contribution in [3.63, 3.8) is 0 Å². The molecule has 2 heterocycles. The van der Waals surface area contributed by atoms with Crippen LogP contribution in [0.25, 0.3) is 10.2 Å². The van der Waals surface area contributed by atoms with E-state index in [4.69, 9.17) is 4.74 Å². The molecule has 0 atom stereocenters. The number of hydrogen-bond acceptors (Lipinski definition) is 6. The molecule has 1 N–H and O–H groups in total. The molecule has 25 heavy (non-hydrogen) atoms. The summed E-state index contributed by atoms with van der Waals surface area (Å²) in [7, 11) is 1.59. The summed E-state index contributed by atoms with van der Waals surface area (Å²) in [6.45, 7) is 0.807. The zero-order valence-electron chi connectivity index (χ0n) is 13.6. The third-order valence-corrected chi connectivity index (χ3v) is 5.31. The highest BCUT2D eigenvalue weighted by Crippen LogP contribution is 2.21. The number of ether oxygens (including phenoxy) is 1. The molecular formula is C17H17N3O3S2. The molecule has 0 saturated carbocycles. The van der Waals surface area contributed by atoms with E-state index in [1.165, 1.54) is 23.1 Å². The predicted molar refractivity (Wildman–Crippen MR) is 102 cm³/mol. The van der Waals surface area contributed by atoms with Crippen LogP contribution in [-0.2, 0) is 16.1 Å². The van der Waals surface area contributed by atoms with E-state index < -0.39 is 0 Å². The number of thiophene rings is 1. The van der Waals surface area contributed by atoms with Crippen molar-refractivity contribution in [3.8, 4) is 0 Å². The number of anilines is 1. The highest BCUT2D eigenvalue weighted by molar-refractivity contribution is 7.99. The predicted octanol–water partition coefficient (Wildman–Crippen LogP) is 2.84. The molecule has 2 aromatic heterocycles. The van der Waals surface area contributed by atoms with Crippen LogP contribution in [0.4, 0.5) is 5.69 Å². The molecule has 0 aliphatic carbocycles. The quantitative estimate of drug-likeness (QED) is 0.508. The molecule has 3 aromatic rings. The van der Waals surface area contributed by atoms with Gasteiger partial charge in [-0.3, -0.25) is 14.2 Å². The van der Waals surface area contributed by atoms with E-state index in [1.54, 1.807) is 11.7 Å². The Balaban J connectivity index is 1.77. The highest BCUT2D eigenvalue weighted by Gasteiger charge is 2.14. The Hall–Kier alpha value is -2.16. The average Bonchev–Trinajstić information content (AvgIpc) is 3.09. The van der Waals surface area contributed by atoms with Crippen molar-refractivity contribution in [2.75, 3.05) is 24.8 Å². The van der Waals surface area contributed by atoms with Gasteiger partial charge in [-0.1, -0.05) is 30.0 Å². The second-order valence-corrected chi connectivity index (χ2v) is 7.04. The number of benzene rings is 1. The Labute approximate surface area is 152 Å². The topological polar surface area (TPSA) is 73.2 Å². The lowest BCUT2D eigenvalue weighted by Crippen LogP contribution is -2.25. The summed E-state index contributed by atoms with van der Waals surface area (Å²) in [5, 5.41) is 5.19. The first-order valence-electron chi connectivity index (χ1n) is 7.63. The third-order valence-electron chi connectivity index (χ3n) is 3.44. The number of carbonyl (C=O) groups excluding carboxylic acids is 1. The van der Waals surface area contributed by atoms with Gasteiger partial charge in [-0.25, -0.2) is 4.98 Å². The molecule has 1 amide bonds. The fourth-order valence-corrected chi connectivity index (χ4v) is 3.87. The minimum Gasteiger partial charge on any atom is -0.383 e. The van der Waals surface area contributed by atoms with E-state index >= 15 is 0 Å². The van der Waals surface area contributed by atoms with Gasteiger partial charge < -0.3 is 10.1 Å². The third kappa shape index (κ3) is 4.28. The minimum absolute atomic E-state index is 0.0944. The molecule has 0 bridgehead atoms. The van der Waals surface area contributed by atoms with Crippen LogP contribution in [0.5, 0.6) is 0 Å². The largest absolute Gasteiger partial charge is 0.383 e. The van der Waals surface area contributed by atoms with Crippen LogP contribution < -0.4 is 10.9 Å². The van der Waals surface area contributed by atoms with Crippen LogP contribution in [0.2, 0.25) is 0 Å². The standard InChI is InChI=1S/C17H17N3O3S2/c1-23-9-8-20-16(22)15-13(7-10-24-15)19-17(20)25-11-14(21)18-12-5-3-2-4-6-12/h2-7,10H,8-9,11H2,1H3,(H,18,21). The van der Waals surface area contributed by atoms with Crippen LogP contribution in [0.3, 0.4) is 0 Å². The Kier molecular flexibility index (Phi) is 5.85. The summed E-state index contributed by atoms with van der Waals surface area (Å²) in [6.07, 6.45) is 0. The summed E-state index contributed by atoms with van der Waals surface area (Å²) in [5.41, 5.74) is 1.31. The summed E-state index contributed by atoms with van der Waals surface area (Å²) in [4.78, 5) is 29.3. The van der Waals surface area contributed by atoms with Crippen molar-refractivity contribution in [2.24, 2.45) is 0 Å². The number of hydrogen-bond donors (Lipinski definition) is 1. The molecule has 130 valence electrons. The van der Waals surface area contributed by atoms with Crippen LogP contribution in [-0.4, -0.2) is 34.9 Å². The smallest absolute Gasteiger partial charge is 0.272 e. The Morgan fingerprint density at radius 3 is 2.88 bits per heavy atom. The van der Waals surface area contributed by atoms with Gasteiger partial charge >= 0.3 is 0 Å². The number of nitrogens with zero attached hydrogens (tertiary/aromatic N) is 2. The fraction of sp³-hybridized carbons (Fsp3) is 0.235. The maximum Gasteiger partial charge on any atom is 0.272 e. The van der Waals surface area contributed by atoms with Crippen molar-refractivity contribution in [1.82, 2.24) is 9.55 Å². The first kappa shape index (κ1) is 17.7. The number of para-hydroxylation sites is 1. The molecule has 0 radical (unpaired) electrons. The second kappa shape index (κ2) is 8.28. The Morgan fingerprint density at radius 1 is 1.32 bits per heavy atom. The molecule has 0 aliphatic heterocycles. The zero-order valence-corrected chi connectivity index (χ0v) is 15.2. The van der Waals surface area contributed by atoms with Crippen LogP contribution in [0, 0.1) is 0 Å². The van der Waals surface area contributed by atoms with Gasteiger partial charge in [0, 0.05) is 12.8 Å². The van der Waals surface area contributed by atoms with Gasteiger partial charge in [0.05, 0.1) is 24.4 Å². The summed E-state index contributed by atoms with van der Waals surface area (Å²) in [5.74, 6) is 0.0263. The van der Waals surface area contributed by atoms with E-state index in [1.807, 2.05) is 41.8 Å². The lowest BCUT2D eigenvalue weighted by Gasteiger charge is -2.11. The molecule has 1 aromatic carbocycles. The normalized spacial score (nSPS) is 10.9. The highest BCUT2D eigenvalue weighted by atomic mass is 32.2. The molecule has 0 unspecified atom stereocenters. The lowest BCUT2D eigenvalue weighted by molar-refractivity contribution is -0.113. The number of amides is 1. The maximum absolute atomic E-state index is 12.6. The summed E-state index contributed by atoms with van der Waals surface area (Å²) < 4.78 is 7.27. The van der Waals surface area contributed by atoms with Gasteiger partial charge in [-0.15, -0.1) is 11.3 Å². The molecule has 0 aliphatic rings. The van der Waals surface area contributed by atoms with E-state index in [-0.39, 0.29) is 17.2 Å². The molecule has 0 saturated heterocycles. The van der Waals surface area contributed by atoms with E-state index in [9.17, 15) is 9.59 Å².